The smallest absolute Gasteiger partial charge is 0.259 e. The van der Waals surface area contributed by atoms with Crippen molar-refractivity contribution in [2.24, 2.45) is 0 Å². The molecule has 1 fully saturated rings. The summed E-state index contributed by atoms with van der Waals surface area (Å²) < 4.78 is 48.3. The Morgan fingerprint density at radius 3 is 2.56 bits per heavy atom. The van der Waals surface area contributed by atoms with Gasteiger partial charge in [-0.1, -0.05) is 6.07 Å². The number of nitrogens with zero attached hydrogens (tertiary/aromatic N) is 1. The van der Waals surface area contributed by atoms with Crippen LogP contribution in [-0.2, 0) is 17.0 Å². The fourth-order valence-corrected chi connectivity index (χ4v) is 3.37. The minimum atomic E-state index is -4.41. The minimum absolute atomic E-state index is 0.144. The molecule has 0 amide bonds. The first-order chi connectivity index (χ1) is 7.48. The molecule has 0 bridgehead atoms. The summed E-state index contributed by atoms with van der Waals surface area (Å²) in [4.78, 5) is 3.37. The molecule has 2 unspecified atom stereocenters. The lowest BCUT2D eigenvalue weighted by Gasteiger charge is -2.10. The van der Waals surface area contributed by atoms with Gasteiger partial charge in [0.1, 0.15) is 5.69 Å². The summed E-state index contributed by atoms with van der Waals surface area (Å²) in [7, 11) is -0.961. The molecule has 0 N–H and O–H groups in total. The van der Waals surface area contributed by atoms with Crippen LogP contribution in [0.4, 0.5) is 13.2 Å². The molecule has 0 spiro atoms. The van der Waals surface area contributed by atoms with E-state index in [0.29, 0.717) is 11.3 Å². The number of halogens is 3. The third-order valence-corrected chi connectivity index (χ3v) is 4.41. The highest BCUT2D eigenvalue weighted by Gasteiger charge is 2.33. The molecule has 0 saturated carbocycles. The van der Waals surface area contributed by atoms with Gasteiger partial charge in [-0.25, -0.2) is 0 Å². The molecule has 16 heavy (non-hydrogen) atoms. The molecule has 1 aliphatic heterocycles. The van der Waals surface area contributed by atoms with Crippen LogP contribution < -0.4 is 0 Å². The highest BCUT2D eigenvalue weighted by molar-refractivity contribution is 7.85. The lowest BCUT2D eigenvalue weighted by Crippen LogP contribution is -2.09. The van der Waals surface area contributed by atoms with Crippen molar-refractivity contribution in [3.8, 4) is 0 Å². The Kier molecular flexibility index (Phi) is 3.01. The summed E-state index contributed by atoms with van der Waals surface area (Å²) in [6.07, 6.45) is -1.60. The third kappa shape index (κ3) is 2.26. The quantitative estimate of drug-likeness (QED) is 0.766. The zero-order valence-corrected chi connectivity index (χ0v) is 9.14. The zero-order valence-electron chi connectivity index (χ0n) is 8.33. The fraction of sp³-hybridized carbons (Fsp3) is 0.500. The first kappa shape index (κ1) is 11.6. The van der Waals surface area contributed by atoms with Gasteiger partial charge in [-0.15, -0.1) is 0 Å². The monoisotopic (exact) mass is 249 g/mol. The Balaban J connectivity index is 2.22. The van der Waals surface area contributed by atoms with E-state index in [4.69, 9.17) is 0 Å². The van der Waals surface area contributed by atoms with Crippen molar-refractivity contribution >= 4 is 10.8 Å². The van der Waals surface area contributed by atoms with E-state index in [0.717, 1.165) is 18.9 Å². The number of pyridine rings is 1. The van der Waals surface area contributed by atoms with Crippen LogP contribution in [0.25, 0.3) is 0 Å². The van der Waals surface area contributed by atoms with Gasteiger partial charge in [-0.2, -0.15) is 13.2 Å². The second-order valence-electron chi connectivity index (χ2n) is 3.69. The van der Waals surface area contributed by atoms with Crippen LogP contribution in [0.1, 0.15) is 29.3 Å². The molecule has 0 radical (unpaired) electrons. The zero-order chi connectivity index (χ0) is 11.8. The Hall–Kier alpha value is -0.910. The topological polar surface area (TPSA) is 30.0 Å². The molecular formula is C10H10F3NOS. The summed E-state index contributed by atoms with van der Waals surface area (Å²) in [5.41, 5.74) is -0.260. The molecule has 1 aromatic heterocycles. The molecular weight excluding hydrogens is 239 g/mol. The summed E-state index contributed by atoms with van der Waals surface area (Å²) in [5, 5.41) is -0.144. The molecule has 2 rings (SSSR count). The molecule has 0 aromatic carbocycles. The van der Waals surface area contributed by atoms with Crippen LogP contribution in [-0.4, -0.2) is 14.9 Å². The van der Waals surface area contributed by atoms with Gasteiger partial charge in [0.2, 0.25) is 0 Å². The highest BCUT2D eigenvalue weighted by atomic mass is 32.2. The van der Waals surface area contributed by atoms with E-state index in [9.17, 15) is 17.4 Å². The van der Waals surface area contributed by atoms with Crippen LogP contribution in [0, 0.1) is 0 Å². The van der Waals surface area contributed by atoms with Crippen molar-refractivity contribution in [1.29, 1.82) is 0 Å². The van der Waals surface area contributed by atoms with E-state index >= 15 is 0 Å². The van der Waals surface area contributed by atoms with Gasteiger partial charge >= 0.3 is 6.18 Å². The van der Waals surface area contributed by atoms with Crippen LogP contribution in [0.5, 0.6) is 0 Å². The number of hydrogen-bond acceptors (Lipinski definition) is 2. The minimum Gasteiger partial charge on any atom is -0.259 e. The third-order valence-electron chi connectivity index (χ3n) is 2.58. The molecule has 1 aliphatic rings. The van der Waals surface area contributed by atoms with Gasteiger partial charge in [-0.3, -0.25) is 9.19 Å². The second kappa shape index (κ2) is 4.16. The van der Waals surface area contributed by atoms with Gasteiger partial charge in [0.15, 0.2) is 0 Å². The second-order valence-corrected chi connectivity index (χ2v) is 5.43. The molecule has 1 saturated heterocycles. The molecule has 2 heterocycles. The maximum atomic E-state index is 12.3. The van der Waals surface area contributed by atoms with Crippen molar-refractivity contribution in [2.45, 2.75) is 24.3 Å². The van der Waals surface area contributed by atoms with Crippen LogP contribution >= 0.6 is 0 Å². The van der Waals surface area contributed by atoms with Crippen LogP contribution in [0.15, 0.2) is 18.3 Å². The van der Waals surface area contributed by atoms with Crippen molar-refractivity contribution < 1.29 is 17.4 Å². The lowest BCUT2D eigenvalue weighted by molar-refractivity contribution is -0.141. The predicted octanol–water partition coefficient (Wildman–Crippen LogP) is 2.68. The normalized spacial score (nSPS) is 25.9. The first-order valence-electron chi connectivity index (χ1n) is 4.89. The average molecular weight is 249 g/mol. The van der Waals surface area contributed by atoms with Crippen LogP contribution in [0.3, 0.4) is 0 Å². The van der Waals surface area contributed by atoms with Crippen LogP contribution in [0.2, 0.25) is 0 Å². The summed E-state index contributed by atoms with van der Waals surface area (Å²) in [6.45, 7) is 0. The Labute approximate surface area is 93.3 Å². The number of alkyl halides is 3. The number of aromatic nitrogens is 1. The molecule has 0 aliphatic carbocycles. The Morgan fingerprint density at radius 1 is 1.38 bits per heavy atom. The maximum Gasteiger partial charge on any atom is 0.433 e. The van der Waals surface area contributed by atoms with E-state index in [1.165, 1.54) is 12.3 Å². The first-order valence-corrected chi connectivity index (χ1v) is 6.27. The molecule has 6 heteroatoms. The fourth-order valence-electron chi connectivity index (χ4n) is 1.77. The number of rotatable bonds is 1. The predicted molar refractivity (Wildman–Crippen MR) is 54.2 cm³/mol. The molecule has 2 atom stereocenters. The Morgan fingerprint density at radius 2 is 2.12 bits per heavy atom. The van der Waals surface area contributed by atoms with E-state index in [-0.39, 0.29) is 5.25 Å². The summed E-state index contributed by atoms with van der Waals surface area (Å²) in [5.74, 6) is 0.631. The van der Waals surface area contributed by atoms with Gasteiger partial charge in [-0.05, 0) is 24.5 Å². The van der Waals surface area contributed by atoms with E-state index in [2.05, 4.69) is 4.98 Å². The lowest BCUT2D eigenvalue weighted by atomic mass is 10.1. The van der Waals surface area contributed by atoms with E-state index in [1.807, 2.05) is 0 Å². The van der Waals surface area contributed by atoms with Crippen molar-refractivity contribution in [2.75, 3.05) is 5.75 Å². The number of hydrogen-bond donors (Lipinski definition) is 0. The van der Waals surface area contributed by atoms with Gasteiger partial charge in [0.05, 0.1) is 5.25 Å². The van der Waals surface area contributed by atoms with E-state index < -0.39 is 22.7 Å². The van der Waals surface area contributed by atoms with Gasteiger partial charge in [0, 0.05) is 22.7 Å². The summed E-state index contributed by atoms with van der Waals surface area (Å²) >= 11 is 0. The van der Waals surface area contributed by atoms with Crippen molar-refractivity contribution in [3.05, 3.63) is 29.6 Å². The van der Waals surface area contributed by atoms with Gasteiger partial charge in [0.25, 0.3) is 0 Å². The summed E-state index contributed by atoms with van der Waals surface area (Å²) in [6, 6.07) is 2.33. The van der Waals surface area contributed by atoms with Gasteiger partial charge < -0.3 is 0 Å². The largest absolute Gasteiger partial charge is 0.433 e. The molecule has 88 valence electrons. The van der Waals surface area contributed by atoms with Crippen molar-refractivity contribution in [3.63, 3.8) is 0 Å². The standard InChI is InChI=1S/C10H10F3NOS/c11-10(12,13)9-4-3-7(6-14-9)8-2-1-5-16(8)15/h3-4,6,8H,1-2,5H2. The van der Waals surface area contributed by atoms with Crippen molar-refractivity contribution in [1.82, 2.24) is 4.98 Å². The Bertz CT molecular complexity index is 402. The maximum absolute atomic E-state index is 12.3. The SMILES string of the molecule is O=S1CCCC1c1ccc(C(F)(F)F)nc1. The van der Waals surface area contributed by atoms with E-state index in [1.54, 1.807) is 0 Å². The highest BCUT2D eigenvalue weighted by Crippen LogP contribution is 2.33. The average Bonchev–Trinajstić information content (AvgIpc) is 2.63. The molecule has 1 aromatic rings. The molecule has 2 nitrogen and oxygen atoms in total.